The Bertz CT molecular complexity index is 570. The van der Waals surface area contributed by atoms with Gasteiger partial charge in [-0.15, -0.1) is 11.3 Å². The SMILES string of the molecule is CCc1cc2c(NC(CO)C(=O)O)ncnc2s1. The van der Waals surface area contributed by atoms with E-state index in [1.54, 1.807) is 11.3 Å². The summed E-state index contributed by atoms with van der Waals surface area (Å²) in [5.41, 5.74) is 0. The first-order valence-electron chi connectivity index (χ1n) is 5.49. The number of aliphatic hydroxyl groups excluding tert-OH is 1. The van der Waals surface area contributed by atoms with Crippen molar-refractivity contribution < 1.29 is 15.0 Å². The molecule has 0 bridgehead atoms. The van der Waals surface area contributed by atoms with Crippen LogP contribution in [0.2, 0.25) is 0 Å². The summed E-state index contributed by atoms with van der Waals surface area (Å²) in [6.45, 7) is 1.55. The first-order valence-corrected chi connectivity index (χ1v) is 6.31. The zero-order valence-electron chi connectivity index (χ0n) is 9.75. The molecule has 2 aromatic heterocycles. The van der Waals surface area contributed by atoms with Gasteiger partial charge in [0.25, 0.3) is 0 Å². The first kappa shape index (κ1) is 12.7. The van der Waals surface area contributed by atoms with Crippen molar-refractivity contribution in [2.75, 3.05) is 11.9 Å². The number of anilines is 1. The molecule has 0 aliphatic carbocycles. The van der Waals surface area contributed by atoms with E-state index in [1.165, 1.54) is 6.33 Å². The smallest absolute Gasteiger partial charge is 0.328 e. The van der Waals surface area contributed by atoms with Crippen LogP contribution in [0.4, 0.5) is 5.82 Å². The zero-order chi connectivity index (χ0) is 13.1. The van der Waals surface area contributed by atoms with Crippen molar-refractivity contribution in [3.05, 3.63) is 17.3 Å². The quantitative estimate of drug-likeness (QED) is 0.751. The number of hydrogen-bond donors (Lipinski definition) is 3. The van der Waals surface area contributed by atoms with E-state index in [2.05, 4.69) is 15.3 Å². The third kappa shape index (κ3) is 2.41. The van der Waals surface area contributed by atoms with Crippen LogP contribution in [-0.4, -0.2) is 38.8 Å². The highest BCUT2D eigenvalue weighted by Crippen LogP contribution is 2.28. The maximum absolute atomic E-state index is 10.9. The highest BCUT2D eigenvalue weighted by molar-refractivity contribution is 7.18. The fourth-order valence-electron chi connectivity index (χ4n) is 1.55. The van der Waals surface area contributed by atoms with E-state index in [9.17, 15) is 4.79 Å². The van der Waals surface area contributed by atoms with Crippen molar-refractivity contribution in [3.63, 3.8) is 0 Å². The Morgan fingerprint density at radius 1 is 1.56 bits per heavy atom. The molecule has 0 aromatic carbocycles. The molecule has 0 aliphatic rings. The number of fused-ring (bicyclic) bond motifs is 1. The van der Waals surface area contributed by atoms with Gasteiger partial charge in [-0.2, -0.15) is 0 Å². The Morgan fingerprint density at radius 2 is 2.33 bits per heavy atom. The lowest BCUT2D eigenvalue weighted by atomic mass is 10.2. The molecule has 0 spiro atoms. The molecule has 0 saturated carbocycles. The predicted molar refractivity (Wildman–Crippen MR) is 68.9 cm³/mol. The summed E-state index contributed by atoms with van der Waals surface area (Å²) < 4.78 is 0. The van der Waals surface area contributed by atoms with Crippen LogP contribution in [0.15, 0.2) is 12.4 Å². The second-order valence-electron chi connectivity index (χ2n) is 3.73. The summed E-state index contributed by atoms with van der Waals surface area (Å²) in [5.74, 6) is -0.674. The molecule has 0 fully saturated rings. The summed E-state index contributed by atoms with van der Waals surface area (Å²) >= 11 is 1.55. The molecule has 0 aliphatic heterocycles. The van der Waals surface area contributed by atoms with Crippen LogP contribution in [0.1, 0.15) is 11.8 Å². The number of aliphatic carboxylic acids is 1. The standard InChI is InChI=1S/C11H13N3O3S/c1-2-6-3-7-9(12-5-13-10(7)18-6)14-8(4-15)11(16)17/h3,5,8,15H,2,4H2,1H3,(H,16,17)(H,12,13,14). The molecule has 0 radical (unpaired) electrons. The maximum Gasteiger partial charge on any atom is 0.328 e. The van der Waals surface area contributed by atoms with E-state index >= 15 is 0 Å². The molecular formula is C11H13N3O3S. The molecule has 18 heavy (non-hydrogen) atoms. The number of thiophene rings is 1. The molecule has 0 saturated heterocycles. The number of aryl methyl sites for hydroxylation is 1. The lowest BCUT2D eigenvalue weighted by molar-refractivity contribution is -0.138. The first-order chi connectivity index (χ1) is 8.65. The van der Waals surface area contributed by atoms with Crippen LogP contribution in [0.25, 0.3) is 10.2 Å². The summed E-state index contributed by atoms with van der Waals surface area (Å²) in [4.78, 5) is 21.0. The van der Waals surface area contributed by atoms with E-state index in [0.29, 0.717) is 5.82 Å². The molecule has 2 aromatic rings. The number of hydrogen-bond acceptors (Lipinski definition) is 6. The molecule has 1 unspecified atom stereocenters. The van der Waals surface area contributed by atoms with Crippen molar-refractivity contribution in [2.24, 2.45) is 0 Å². The number of rotatable bonds is 5. The molecule has 7 heteroatoms. The van der Waals surface area contributed by atoms with Crippen molar-refractivity contribution >= 4 is 33.3 Å². The Hall–Kier alpha value is -1.73. The Morgan fingerprint density at radius 3 is 2.94 bits per heavy atom. The molecule has 6 nitrogen and oxygen atoms in total. The highest BCUT2D eigenvalue weighted by Gasteiger charge is 2.18. The largest absolute Gasteiger partial charge is 0.480 e. The van der Waals surface area contributed by atoms with Crippen molar-refractivity contribution in [3.8, 4) is 0 Å². The Balaban J connectivity index is 2.38. The van der Waals surface area contributed by atoms with Crippen LogP contribution in [0, 0.1) is 0 Å². The van der Waals surface area contributed by atoms with Crippen molar-refractivity contribution in [2.45, 2.75) is 19.4 Å². The third-order valence-electron chi connectivity index (χ3n) is 2.52. The van der Waals surface area contributed by atoms with E-state index < -0.39 is 18.6 Å². The molecule has 96 valence electrons. The van der Waals surface area contributed by atoms with E-state index in [1.807, 2.05) is 13.0 Å². The molecule has 0 amide bonds. The van der Waals surface area contributed by atoms with E-state index in [4.69, 9.17) is 10.2 Å². The number of carbonyl (C=O) groups is 1. The number of nitrogens with zero attached hydrogens (tertiary/aromatic N) is 2. The number of nitrogens with one attached hydrogen (secondary N) is 1. The van der Waals surface area contributed by atoms with Crippen LogP contribution >= 0.6 is 11.3 Å². The van der Waals surface area contributed by atoms with Crippen LogP contribution in [0.5, 0.6) is 0 Å². The van der Waals surface area contributed by atoms with E-state index in [-0.39, 0.29) is 0 Å². The lowest BCUT2D eigenvalue weighted by Gasteiger charge is -2.12. The topological polar surface area (TPSA) is 95.3 Å². The van der Waals surface area contributed by atoms with Crippen LogP contribution in [0.3, 0.4) is 0 Å². The number of carboxylic acid groups (broad SMARTS) is 1. The second-order valence-corrected chi connectivity index (χ2v) is 4.84. The molecule has 3 N–H and O–H groups in total. The number of aliphatic hydroxyl groups is 1. The fourth-order valence-corrected chi connectivity index (χ4v) is 2.48. The van der Waals surface area contributed by atoms with Gasteiger partial charge in [0, 0.05) is 4.88 Å². The van der Waals surface area contributed by atoms with Gasteiger partial charge in [-0.3, -0.25) is 0 Å². The number of aromatic nitrogens is 2. The molecule has 2 heterocycles. The van der Waals surface area contributed by atoms with Gasteiger partial charge in [-0.25, -0.2) is 14.8 Å². The zero-order valence-corrected chi connectivity index (χ0v) is 10.6. The molecular weight excluding hydrogens is 254 g/mol. The number of carboxylic acids is 1. The lowest BCUT2D eigenvalue weighted by Crippen LogP contribution is -2.33. The minimum atomic E-state index is -1.12. The summed E-state index contributed by atoms with van der Waals surface area (Å²) in [7, 11) is 0. The predicted octanol–water partition coefficient (Wildman–Crippen LogP) is 1.11. The van der Waals surface area contributed by atoms with Crippen LogP contribution < -0.4 is 5.32 Å². The van der Waals surface area contributed by atoms with Gasteiger partial charge in [-0.05, 0) is 12.5 Å². The normalized spacial score (nSPS) is 12.6. The third-order valence-corrected chi connectivity index (χ3v) is 3.71. The van der Waals surface area contributed by atoms with Gasteiger partial charge < -0.3 is 15.5 Å². The Kier molecular flexibility index (Phi) is 3.73. The minimum absolute atomic E-state index is 0.442. The molecule has 2 rings (SSSR count). The summed E-state index contributed by atoms with van der Waals surface area (Å²) in [6, 6.07) is 0.881. The van der Waals surface area contributed by atoms with Gasteiger partial charge in [0.05, 0.1) is 12.0 Å². The van der Waals surface area contributed by atoms with Gasteiger partial charge in [0.1, 0.15) is 23.0 Å². The minimum Gasteiger partial charge on any atom is -0.480 e. The summed E-state index contributed by atoms with van der Waals surface area (Å²) in [5, 5.41) is 21.4. The van der Waals surface area contributed by atoms with Gasteiger partial charge in [0.2, 0.25) is 0 Å². The molecule has 1 atom stereocenters. The second kappa shape index (κ2) is 5.28. The fraction of sp³-hybridized carbons (Fsp3) is 0.364. The van der Waals surface area contributed by atoms with Gasteiger partial charge in [-0.1, -0.05) is 6.92 Å². The van der Waals surface area contributed by atoms with Gasteiger partial charge in [0.15, 0.2) is 0 Å². The van der Waals surface area contributed by atoms with Crippen molar-refractivity contribution in [1.29, 1.82) is 0 Å². The maximum atomic E-state index is 10.9. The highest BCUT2D eigenvalue weighted by atomic mass is 32.1. The monoisotopic (exact) mass is 267 g/mol. The summed E-state index contributed by atoms with van der Waals surface area (Å²) in [6.07, 6.45) is 2.28. The van der Waals surface area contributed by atoms with E-state index in [0.717, 1.165) is 21.5 Å². The van der Waals surface area contributed by atoms with Crippen molar-refractivity contribution in [1.82, 2.24) is 9.97 Å². The average molecular weight is 267 g/mol. The van der Waals surface area contributed by atoms with Gasteiger partial charge >= 0.3 is 5.97 Å². The van der Waals surface area contributed by atoms with Crippen LogP contribution in [-0.2, 0) is 11.2 Å². The Labute approximate surface area is 107 Å². The average Bonchev–Trinajstić information content (AvgIpc) is 2.79.